The largest absolute Gasteiger partial charge is 0.0620 e. The third-order valence-electron chi connectivity index (χ3n) is 4.78. The Hall–Kier alpha value is 0. The van der Waals surface area contributed by atoms with E-state index in [2.05, 4.69) is 41.5 Å². The molecule has 1 aliphatic carbocycles. The summed E-state index contributed by atoms with van der Waals surface area (Å²) in [5.41, 5.74) is 1.08. The summed E-state index contributed by atoms with van der Waals surface area (Å²) in [4.78, 5) is 0. The lowest BCUT2D eigenvalue weighted by molar-refractivity contribution is -0.0164. The smallest absolute Gasteiger partial charge is 0.0298 e. The van der Waals surface area contributed by atoms with Gasteiger partial charge in [-0.1, -0.05) is 41.5 Å². The minimum atomic E-state index is 0.530. The fourth-order valence-electron chi connectivity index (χ4n) is 2.61. The Morgan fingerprint density at radius 2 is 1.50 bits per heavy atom. The lowest BCUT2D eigenvalue weighted by Gasteiger charge is -2.51. The van der Waals surface area contributed by atoms with E-state index in [-0.39, 0.29) is 0 Å². The van der Waals surface area contributed by atoms with E-state index >= 15 is 0 Å². The molecular weight excluding hydrogens is 144 g/mol. The first-order chi connectivity index (χ1) is 5.28. The van der Waals surface area contributed by atoms with Gasteiger partial charge in [0.25, 0.3) is 0 Å². The van der Waals surface area contributed by atoms with Gasteiger partial charge in [-0.05, 0) is 35.5 Å². The Morgan fingerprint density at radius 1 is 1.00 bits per heavy atom. The van der Waals surface area contributed by atoms with Crippen molar-refractivity contribution in [3.05, 3.63) is 0 Å². The quantitative estimate of drug-likeness (QED) is 0.511. The first-order valence-corrected chi connectivity index (χ1v) is 5.28. The van der Waals surface area contributed by atoms with Crippen LogP contribution in [0.2, 0.25) is 0 Å². The highest BCUT2D eigenvalue weighted by atomic mass is 14.5. The van der Waals surface area contributed by atoms with Crippen LogP contribution in [0, 0.1) is 22.7 Å². The third kappa shape index (κ3) is 1.41. The van der Waals surface area contributed by atoms with Crippen molar-refractivity contribution in [3.63, 3.8) is 0 Å². The summed E-state index contributed by atoms with van der Waals surface area (Å²) >= 11 is 0. The molecule has 12 heavy (non-hydrogen) atoms. The minimum Gasteiger partial charge on any atom is -0.0620 e. The molecular formula is C12H24. The van der Waals surface area contributed by atoms with Crippen LogP contribution in [0.15, 0.2) is 0 Å². The summed E-state index contributed by atoms with van der Waals surface area (Å²) in [6.07, 6.45) is 2.81. The molecule has 0 saturated heterocycles. The minimum absolute atomic E-state index is 0.530. The molecule has 1 fully saturated rings. The molecule has 0 aliphatic heterocycles. The van der Waals surface area contributed by atoms with E-state index in [9.17, 15) is 0 Å². The van der Waals surface area contributed by atoms with Crippen molar-refractivity contribution in [3.8, 4) is 0 Å². The molecule has 2 unspecified atom stereocenters. The lowest BCUT2D eigenvalue weighted by Crippen LogP contribution is -2.43. The Bertz CT molecular complexity index is 165. The second kappa shape index (κ2) is 2.75. The van der Waals surface area contributed by atoms with Crippen molar-refractivity contribution in [1.82, 2.24) is 0 Å². The first-order valence-electron chi connectivity index (χ1n) is 5.28. The van der Waals surface area contributed by atoms with E-state index in [0.29, 0.717) is 10.8 Å². The van der Waals surface area contributed by atoms with Gasteiger partial charge in [-0.3, -0.25) is 0 Å². The maximum Gasteiger partial charge on any atom is -0.0298 e. The Labute approximate surface area is 77.7 Å². The first kappa shape index (κ1) is 10.1. The predicted octanol–water partition coefficient (Wildman–Crippen LogP) is 4.10. The number of rotatable bonds is 0. The van der Waals surface area contributed by atoms with Crippen LogP contribution < -0.4 is 0 Å². The molecule has 0 bridgehead atoms. The highest BCUT2D eigenvalue weighted by molar-refractivity contribution is 4.93. The lowest BCUT2D eigenvalue weighted by atomic mass is 9.54. The van der Waals surface area contributed by atoms with E-state index in [0.717, 1.165) is 11.8 Å². The van der Waals surface area contributed by atoms with Gasteiger partial charge in [0.2, 0.25) is 0 Å². The normalized spacial score (nSPS) is 39.5. The second-order valence-electron chi connectivity index (χ2n) is 5.97. The van der Waals surface area contributed by atoms with Crippen molar-refractivity contribution in [2.24, 2.45) is 22.7 Å². The molecule has 0 aromatic heterocycles. The average Bonchev–Trinajstić information content (AvgIpc) is 1.96. The summed E-state index contributed by atoms with van der Waals surface area (Å²) in [6, 6.07) is 0. The van der Waals surface area contributed by atoms with Crippen LogP contribution in [0.3, 0.4) is 0 Å². The van der Waals surface area contributed by atoms with E-state index < -0.39 is 0 Å². The molecule has 0 radical (unpaired) electrons. The van der Waals surface area contributed by atoms with Crippen molar-refractivity contribution >= 4 is 0 Å². The van der Waals surface area contributed by atoms with Gasteiger partial charge in [-0.25, -0.2) is 0 Å². The summed E-state index contributed by atoms with van der Waals surface area (Å²) in [6.45, 7) is 14.5. The van der Waals surface area contributed by atoms with Gasteiger partial charge in [-0.2, -0.15) is 0 Å². The van der Waals surface area contributed by atoms with Crippen LogP contribution in [0.1, 0.15) is 54.4 Å². The zero-order valence-electron chi connectivity index (χ0n) is 9.57. The second-order valence-corrected chi connectivity index (χ2v) is 5.97. The van der Waals surface area contributed by atoms with Crippen molar-refractivity contribution in [2.45, 2.75) is 54.4 Å². The van der Waals surface area contributed by atoms with Crippen molar-refractivity contribution in [2.75, 3.05) is 0 Å². The summed E-state index contributed by atoms with van der Waals surface area (Å²) < 4.78 is 0. The monoisotopic (exact) mass is 168 g/mol. The van der Waals surface area contributed by atoms with E-state index in [1.165, 1.54) is 12.8 Å². The molecule has 2 atom stereocenters. The predicted molar refractivity (Wildman–Crippen MR) is 55.1 cm³/mol. The molecule has 0 nitrogen and oxygen atoms in total. The fraction of sp³-hybridized carbons (Fsp3) is 1.00. The zero-order valence-corrected chi connectivity index (χ0v) is 9.57. The van der Waals surface area contributed by atoms with Crippen LogP contribution in [0.4, 0.5) is 0 Å². The molecule has 0 heteroatoms. The van der Waals surface area contributed by atoms with Gasteiger partial charge in [0.05, 0.1) is 0 Å². The zero-order chi connectivity index (χ0) is 9.57. The topological polar surface area (TPSA) is 0 Å². The SMILES string of the molecule is CC1CCC(C)(C)C(C)C1(C)C. The van der Waals surface area contributed by atoms with Gasteiger partial charge in [0.15, 0.2) is 0 Å². The van der Waals surface area contributed by atoms with Gasteiger partial charge < -0.3 is 0 Å². The van der Waals surface area contributed by atoms with Crippen molar-refractivity contribution in [1.29, 1.82) is 0 Å². The highest BCUT2D eigenvalue weighted by Crippen LogP contribution is 2.53. The summed E-state index contributed by atoms with van der Waals surface area (Å²) in [7, 11) is 0. The third-order valence-corrected chi connectivity index (χ3v) is 4.78. The summed E-state index contributed by atoms with van der Waals surface area (Å²) in [5.74, 6) is 1.73. The molecule has 0 N–H and O–H groups in total. The van der Waals surface area contributed by atoms with Crippen LogP contribution in [-0.4, -0.2) is 0 Å². The molecule has 0 spiro atoms. The number of hydrogen-bond acceptors (Lipinski definition) is 0. The Balaban J connectivity index is 2.86. The van der Waals surface area contributed by atoms with E-state index in [1.807, 2.05) is 0 Å². The molecule has 0 aromatic rings. The standard InChI is InChI=1S/C12H24/c1-9-7-8-11(3,4)10(2)12(9,5)6/h9-10H,7-8H2,1-6H3. The average molecular weight is 168 g/mol. The Kier molecular flexibility index (Phi) is 2.31. The van der Waals surface area contributed by atoms with Gasteiger partial charge in [-0.15, -0.1) is 0 Å². The van der Waals surface area contributed by atoms with E-state index in [1.54, 1.807) is 0 Å². The van der Waals surface area contributed by atoms with Gasteiger partial charge in [0, 0.05) is 0 Å². The van der Waals surface area contributed by atoms with Crippen LogP contribution >= 0.6 is 0 Å². The Morgan fingerprint density at radius 3 is 1.92 bits per heavy atom. The van der Waals surface area contributed by atoms with Crippen LogP contribution in [0.5, 0.6) is 0 Å². The van der Waals surface area contributed by atoms with Crippen molar-refractivity contribution < 1.29 is 0 Å². The van der Waals surface area contributed by atoms with Crippen LogP contribution in [-0.2, 0) is 0 Å². The summed E-state index contributed by atoms with van der Waals surface area (Å²) in [5, 5.41) is 0. The van der Waals surface area contributed by atoms with Gasteiger partial charge >= 0.3 is 0 Å². The van der Waals surface area contributed by atoms with Gasteiger partial charge in [0.1, 0.15) is 0 Å². The van der Waals surface area contributed by atoms with E-state index in [4.69, 9.17) is 0 Å². The van der Waals surface area contributed by atoms with Crippen LogP contribution in [0.25, 0.3) is 0 Å². The molecule has 1 aliphatic rings. The molecule has 1 saturated carbocycles. The molecule has 0 heterocycles. The molecule has 0 aromatic carbocycles. The maximum atomic E-state index is 2.43. The molecule has 72 valence electrons. The fourth-order valence-corrected chi connectivity index (χ4v) is 2.61. The molecule has 0 amide bonds. The number of hydrogen-bond donors (Lipinski definition) is 0. The maximum absolute atomic E-state index is 2.43. The highest BCUT2D eigenvalue weighted by Gasteiger charge is 2.44. The molecule has 1 rings (SSSR count).